The fourth-order valence-corrected chi connectivity index (χ4v) is 3.40. The summed E-state index contributed by atoms with van der Waals surface area (Å²) in [7, 11) is 1.67. The van der Waals surface area contributed by atoms with Crippen molar-refractivity contribution < 1.29 is 18.3 Å². The summed E-state index contributed by atoms with van der Waals surface area (Å²) in [6.45, 7) is 3.14. The summed E-state index contributed by atoms with van der Waals surface area (Å²) >= 11 is 0. The molecule has 1 fully saturated rings. The maximum atomic E-state index is 14.8. The van der Waals surface area contributed by atoms with Crippen LogP contribution in [0.15, 0.2) is 42.5 Å². The van der Waals surface area contributed by atoms with Crippen molar-refractivity contribution in [1.82, 2.24) is 9.80 Å². The lowest BCUT2D eigenvalue weighted by Crippen LogP contribution is -2.41. The van der Waals surface area contributed by atoms with Gasteiger partial charge in [0.2, 0.25) is 0 Å². The third kappa shape index (κ3) is 4.43. The van der Waals surface area contributed by atoms with Gasteiger partial charge >= 0.3 is 6.03 Å². The van der Waals surface area contributed by atoms with E-state index >= 15 is 0 Å². The molecular formula is C22H26F2N2O2. The minimum atomic E-state index is -0.936. The van der Waals surface area contributed by atoms with E-state index in [-0.39, 0.29) is 25.0 Å². The van der Waals surface area contributed by atoms with Crippen molar-refractivity contribution in [2.45, 2.75) is 25.9 Å². The van der Waals surface area contributed by atoms with Gasteiger partial charge in [-0.3, -0.25) is 0 Å². The van der Waals surface area contributed by atoms with Crippen LogP contribution in [0.25, 0.3) is 11.1 Å². The molecule has 1 saturated heterocycles. The lowest BCUT2D eigenvalue weighted by Gasteiger charge is -2.24. The quantitative estimate of drug-likeness (QED) is 0.728. The van der Waals surface area contributed by atoms with Crippen LogP contribution in [0.5, 0.6) is 5.75 Å². The summed E-state index contributed by atoms with van der Waals surface area (Å²) in [6, 6.07) is 12.5. The summed E-state index contributed by atoms with van der Waals surface area (Å²) in [5, 5.41) is 0. The van der Waals surface area contributed by atoms with Gasteiger partial charge in [-0.1, -0.05) is 43.3 Å². The van der Waals surface area contributed by atoms with E-state index in [1.54, 1.807) is 25.2 Å². The molecule has 1 aliphatic heterocycles. The number of benzene rings is 2. The Labute approximate surface area is 164 Å². The van der Waals surface area contributed by atoms with Crippen LogP contribution in [0.1, 0.15) is 18.9 Å². The van der Waals surface area contributed by atoms with Crippen LogP contribution < -0.4 is 4.74 Å². The molecule has 0 saturated carbocycles. The minimum Gasteiger partial charge on any atom is -0.491 e. The molecule has 1 heterocycles. The number of para-hydroxylation sites is 1. The van der Waals surface area contributed by atoms with E-state index in [2.05, 4.69) is 0 Å². The molecule has 2 aromatic rings. The molecule has 6 heteroatoms. The first-order valence-electron chi connectivity index (χ1n) is 9.65. The summed E-state index contributed by atoms with van der Waals surface area (Å²) in [6.07, 6.45) is 0.0757. The van der Waals surface area contributed by atoms with Crippen molar-refractivity contribution >= 4 is 6.03 Å². The standard InChI is InChI=1S/C22H26F2N2O2/c1-3-16-7-6-9-19(21(16)24)18-8-4-5-10-20(18)28-14-13-25(2)22(27)26-12-11-17(23)15-26/h4-10,17H,3,11-15H2,1-2H3/t17-/m1/s1. The van der Waals surface area contributed by atoms with Crippen LogP contribution >= 0.6 is 0 Å². The topological polar surface area (TPSA) is 32.8 Å². The smallest absolute Gasteiger partial charge is 0.319 e. The molecule has 0 bridgehead atoms. The van der Waals surface area contributed by atoms with E-state index < -0.39 is 6.17 Å². The Kier molecular flexibility index (Phi) is 6.49. The SMILES string of the molecule is CCc1cccc(-c2ccccc2OCCN(C)C(=O)N2CC[C@@H](F)C2)c1F. The van der Waals surface area contributed by atoms with Gasteiger partial charge in [0.05, 0.1) is 13.1 Å². The fraction of sp³-hybridized carbons (Fsp3) is 0.409. The van der Waals surface area contributed by atoms with Crippen molar-refractivity contribution in [2.24, 2.45) is 0 Å². The molecule has 2 amide bonds. The van der Waals surface area contributed by atoms with Crippen LogP contribution in [0.2, 0.25) is 0 Å². The van der Waals surface area contributed by atoms with Crippen molar-refractivity contribution in [3.63, 3.8) is 0 Å². The summed E-state index contributed by atoms with van der Waals surface area (Å²) in [4.78, 5) is 15.4. The predicted octanol–water partition coefficient (Wildman–Crippen LogP) is 4.53. The van der Waals surface area contributed by atoms with Crippen molar-refractivity contribution in [1.29, 1.82) is 0 Å². The maximum absolute atomic E-state index is 14.8. The van der Waals surface area contributed by atoms with E-state index in [1.165, 1.54) is 9.80 Å². The molecule has 2 aromatic carbocycles. The number of amides is 2. The molecule has 0 aromatic heterocycles. The predicted molar refractivity (Wildman–Crippen MR) is 106 cm³/mol. The molecule has 1 atom stereocenters. The highest BCUT2D eigenvalue weighted by molar-refractivity contribution is 5.74. The highest BCUT2D eigenvalue weighted by Gasteiger charge is 2.27. The average molecular weight is 388 g/mol. The average Bonchev–Trinajstić information content (AvgIpc) is 3.14. The van der Waals surface area contributed by atoms with E-state index in [0.717, 1.165) is 0 Å². The summed E-state index contributed by atoms with van der Waals surface area (Å²) in [5.74, 6) is 0.337. The second-order valence-electron chi connectivity index (χ2n) is 7.01. The highest BCUT2D eigenvalue weighted by Crippen LogP contribution is 2.33. The number of halogens is 2. The zero-order chi connectivity index (χ0) is 20.1. The Balaban J connectivity index is 1.65. The molecule has 28 heavy (non-hydrogen) atoms. The van der Waals surface area contributed by atoms with Gasteiger partial charge in [0.15, 0.2) is 0 Å². The Morgan fingerprint density at radius 3 is 2.68 bits per heavy atom. The van der Waals surface area contributed by atoms with Crippen molar-refractivity contribution in [3.8, 4) is 16.9 Å². The molecule has 3 rings (SSSR count). The molecule has 0 N–H and O–H groups in total. The lowest BCUT2D eigenvalue weighted by molar-refractivity contribution is 0.160. The first-order chi connectivity index (χ1) is 13.5. The summed E-state index contributed by atoms with van der Waals surface area (Å²) < 4.78 is 33.9. The molecule has 4 nitrogen and oxygen atoms in total. The molecule has 0 unspecified atom stereocenters. The second-order valence-corrected chi connectivity index (χ2v) is 7.01. The summed E-state index contributed by atoms with van der Waals surface area (Å²) in [5.41, 5.74) is 1.85. The number of nitrogens with zero attached hydrogens (tertiary/aromatic N) is 2. The zero-order valence-electron chi connectivity index (χ0n) is 16.3. The fourth-order valence-electron chi connectivity index (χ4n) is 3.40. The Bertz CT molecular complexity index is 828. The van der Waals surface area contributed by atoms with Crippen LogP contribution in [-0.4, -0.2) is 55.3 Å². The van der Waals surface area contributed by atoms with Gasteiger partial charge in [0.25, 0.3) is 0 Å². The Hall–Kier alpha value is -2.63. The van der Waals surface area contributed by atoms with E-state index in [0.29, 0.717) is 48.4 Å². The number of hydrogen-bond donors (Lipinski definition) is 0. The normalized spacial score (nSPS) is 16.3. The molecule has 0 radical (unpaired) electrons. The van der Waals surface area contributed by atoms with Crippen molar-refractivity contribution in [2.75, 3.05) is 33.3 Å². The third-order valence-corrected chi connectivity index (χ3v) is 5.05. The van der Waals surface area contributed by atoms with Crippen LogP contribution in [0.3, 0.4) is 0 Å². The third-order valence-electron chi connectivity index (χ3n) is 5.05. The highest BCUT2D eigenvalue weighted by atomic mass is 19.1. The second kappa shape index (κ2) is 9.04. The number of aryl methyl sites for hydroxylation is 1. The van der Waals surface area contributed by atoms with E-state index in [9.17, 15) is 13.6 Å². The van der Waals surface area contributed by atoms with Gasteiger partial charge in [-0.15, -0.1) is 0 Å². The van der Waals surface area contributed by atoms with Gasteiger partial charge in [0.1, 0.15) is 24.3 Å². The number of urea groups is 1. The molecule has 0 aliphatic carbocycles. The first kappa shape index (κ1) is 20.1. The number of likely N-dealkylation sites (tertiary alicyclic amines) is 1. The first-order valence-corrected chi connectivity index (χ1v) is 9.65. The number of carbonyl (C=O) groups excluding carboxylic acids is 1. The monoisotopic (exact) mass is 388 g/mol. The van der Waals surface area contributed by atoms with E-state index in [1.807, 2.05) is 31.2 Å². The lowest BCUT2D eigenvalue weighted by atomic mass is 10.00. The number of ether oxygens (including phenoxy) is 1. The number of hydrogen-bond acceptors (Lipinski definition) is 2. The Morgan fingerprint density at radius 2 is 1.96 bits per heavy atom. The largest absolute Gasteiger partial charge is 0.491 e. The van der Waals surface area contributed by atoms with Crippen LogP contribution in [0, 0.1) is 5.82 Å². The van der Waals surface area contributed by atoms with Gasteiger partial charge in [-0.25, -0.2) is 13.6 Å². The van der Waals surface area contributed by atoms with Gasteiger partial charge in [0, 0.05) is 24.7 Å². The van der Waals surface area contributed by atoms with Gasteiger partial charge in [-0.05, 0) is 24.5 Å². The minimum absolute atomic E-state index is 0.153. The zero-order valence-corrected chi connectivity index (χ0v) is 16.3. The molecule has 1 aliphatic rings. The molecule has 150 valence electrons. The number of alkyl halides is 1. The van der Waals surface area contributed by atoms with Crippen LogP contribution in [-0.2, 0) is 6.42 Å². The van der Waals surface area contributed by atoms with Crippen molar-refractivity contribution in [3.05, 3.63) is 53.8 Å². The van der Waals surface area contributed by atoms with Gasteiger partial charge < -0.3 is 14.5 Å². The number of likely N-dealkylation sites (N-methyl/N-ethyl adjacent to an activating group) is 1. The van der Waals surface area contributed by atoms with Crippen LogP contribution in [0.4, 0.5) is 13.6 Å². The number of carbonyl (C=O) groups is 1. The maximum Gasteiger partial charge on any atom is 0.319 e. The van der Waals surface area contributed by atoms with Gasteiger partial charge in [-0.2, -0.15) is 0 Å². The Morgan fingerprint density at radius 1 is 1.21 bits per heavy atom. The molecule has 0 spiro atoms. The molecular weight excluding hydrogens is 362 g/mol. The number of rotatable bonds is 6. The van der Waals surface area contributed by atoms with E-state index in [4.69, 9.17) is 4.74 Å².